The van der Waals surface area contributed by atoms with E-state index in [1.54, 1.807) is 42.5 Å². The molecule has 0 saturated carbocycles. The maximum atomic E-state index is 12.2. The van der Waals surface area contributed by atoms with Crippen molar-refractivity contribution in [1.29, 1.82) is 0 Å². The summed E-state index contributed by atoms with van der Waals surface area (Å²) in [6.07, 6.45) is 0. The molecule has 0 saturated heterocycles. The zero-order valence-corrected chi connectivity index (χ0v) is 10.2. The van der Waals surface area contributed by atoms with Gasteiger partial charge in [0.1, 0.15) is 0 Å². The molecule has 0 bridgehead atoms. The molecule has 3 nitrogen and oxygen atoms in total. The lowest BCUT2D eigenvalue weighted by atomic mass is 10.2. The lowest BCUT2D eigenvalue weighted by Crippen LogP contribution is -2.03. The standard InChI is InChI=1S/C13H13NO2S/c1-10-7-8-12(9-13(10)14)17(15,16)11-5-3-2-4-6-11/h2-9H,14H2,1H3. The van der Waals surface area contributed by atoms with Crippen LogP contribution in [-0.2, 0) is 9.84 Å². The summed E-state index contributed by atoms with van der Waals surface area (Å²) in [4.78, 5) is 0.509. The first-order valence-corrected chi connectivity index (χ1v) is 6.66. The Morgan fingerprint density at radius 1 is 0.941 bits per heavy atom. The SMILES string of the molecule is Cc1ccc(S(=O)(=O)c2ccccc2)cc1N. The topological polar surface area (TPSA) is 60.2 Å². The smallest absolute Gasteiger partial charge is 0.206 e. The summed E-state index contributed by atoms with van der Waals surface area (Å²) in [7, 11) is -3.46. The van der Waals surface area contributed by atoms with Crippen LogP contribution in [0.15, 0.2) is 58.3 Å². The van der Waals surface area contributed by atoms with Crippen molar-refractivity contribution >= 4 is 15.5 Å². The summed E-state index contributed by atoms with van der Waals surface area (Å²) in [5, 5.41) is 0. The quantitative estimate of drug-likeness (QED) is 0.829. The van der Waals surface area contributed by atoms with Gasteiger partial charge in [-0.05, 0) is 36.8 Å². The second-order valence-corrected chi connectivity index (χ2v) is 5.78. The van der Waals surface area contributed by atoms with E-state index in [2.05, 4.69) is 0 Å². The number of nitrogen functional groups attached to an aromatic ring is 1. The molecule has 2 N–H and O–H groups in total. The highest BCUT2D eigenvalue weighted by Gasteiger charge is 2.17. The Morgan fingerprint density at radius 3 is 2.18 bits per heavy atom. The third-order valence-electron chi connectivity index (χ3n) is 2.61. The van der Waals surface area contributed by atoms with Crippen LogP contribution in [0.25, 0.3) is 0 Å². The summed E-state index contributed by atoms with van der Waals surface area (Å²) >= 11 is 0. The van der Waals surface area contributed by atoms with Crippen LogP contribution in [-0.4, -0.2) is 8.42 Å². The molecular weight excluding hydrogens is 234 g/mol. The summed E-state index contributed by atoms with van der Waals surface area (Å²) < 4.78 is 24.5. The van der Waals surface area contributed by atoms with E-state index in [1.807, 2.05) is 6.92 Å². The molecule has 0 aliphatic heterocycles. The van der Waals surface area contributed by atoms with Gasteiger partial charge in [-0.3, -0.25) is 0 Å². The Hall–Kier alpha value is -1.81. The van der Waals surface area contributed by atoms with Crippen LogP contribution in [0.1, 0.15) is 5.56 Å². The van der Waals surface area contributed by atoms with Crippen LogP contribution >= 0.6 is 0 Å². The van der Waals surface area contributed by atoms with Gasteiger partial charge in [0.15, 0.2) is 0 Å². The van der Waals surface area contributed by atoms with Crippen molar-refractivity contribution in [2.75, 3.05) is 5.73 Å². The molecule has 0 unspecified atom stereocenters. The van der Waals surface area contributed by atoms with E-state index in [9.17, 15) is 8.42 Å². The van der Waals surface area contributed by atoms with Crippen molar-refractivity contribution in [2.24, 2.45) is 0 Å². The first-order valence-electron chi connectivity index (χ1n) is 5.18. The number of benzene rings is 2. The lowest BCUT2D eigenvalue weighted by molar-refractivity contribution is 0.596. The van der Waals surface area contributed by atoms with Crippen molar-refractivity contribution in [3.63, 3.8) is 0 Å². The average Bonchev–Trinajstić information content (AvgIpc) is 2.33. The van der Waals surface area contributed by atoms with Crippen LogP contribution in [0.4, 0.5) is 5.69 Å². The molecule has 4 heteroatoms. The minimum Gasteiger partial charge on any atom is -0.398 e. The van der Waals surface area contributed by atoms with Crippen molar-refractivity contribution in [3.05, 3.63) is 54.1 Å². The van der Waals surface area contributed by atoms with Crippen molar-refractivity contribution < 1.29 is 8.42 Å². The zero-order valence-electron chi connectivity index (χ0n) is 9.42. The molecule has 17 heavy (non-hydrogen) atoms. The molecule has 0 atom stereocenters. The molecule has 88 valence electrons. The highest BCUT2D eigenvalue weighted by atomic mass is 32.2. The van der Waals surface area contributed by atoms with E-state index >= 15 is 0 Å². The Kier molecular flexibility index (Phi) is 2.90. The molecule has 0 amide bonds. The summed E-state index contributed by atoms with van der Waals surface area (Å²) in [6, 6.07) is 13.1. The molecule has 0 spiro atoms. The van der Waals surface area contributed by atoms with E-state index in [4.69, 9.17) is 5.73 Å². The lowest BCUT2D eigenvalue weighted by Gasteiger charge is -2.06. The van der Waals surface area contributed by atoms with Gasteiger partial charge < -0.3 is 5.73 Å². The van der Waals surface area contributed by atoms with E-state index in [1.165, 1.54) is 6.07 Å². The normalized spacial score (nSPS) is 11.4. The molecule has 2 rings (SSSR count). The second-order valence-electron chi connectivity index (χ2n) is 3.83. The number of anilines is 1. The maximum absolute atomic E-state index is 12.2. The predicted octanol–water partition coefficient (Wildman–Crippen LogP) is 2.41. The molecule has 0 aromatic heterocycles. The first-order chi connectivity index (χ1) is 8.01. The van der Waals surface area contributed by atoms with Gasteiger partial charge in [-0.2, -0.15) is 0 Å². The predicted molar refractivity (Wildman–Crippen MR) is 67.5 cm³/mol. The summed E-state index contributed by atoms with van der Waals surface area (Å²) in [6.45, 7) is 1.84. The molecule has 0 fully saturated rings. The van der Waals surface area contributed by atoms with E-state index in [-0.39, 0.29) is 9.79 Å². The Morgan fingerprint density at radius 2 is 1.59 bits per heavy atom. The van der Waals surface area contributed by atoms with Gasteiger partial charge in [0, 0.05) is 5.69 Å². The van der Waals surface area contributed by atoms with Crippen molar-refractivity contribution in [1.82, 2.24) is 0 Å². The Bertz CT molecular complexity index is 634. The highest BCUT2D eigenvalue weighted by molar-refractivity contribution is 7.91. The zero-order chi connectivity index (χ0) is 12.5. The number of aryl methyl sites for hydroxylation is 1. The molecule has 2 aromatic rings. The van der Waals surface area contributed by atoms with Crippen LogP contribution in [0.5, 0.6) is 0 Å². The molecule has 0 heterocycles. The van der Waals surface area contributed by atoms with Gasteiger partial charge >= 0.3 is 0 Å². The van der Waals surface area contributed by atoms with Crippen LogP contribution in [0.2, 0.25) is 0 Å². The monoisotopic (exact) mass is 247 g/mol. The number of hydrogen-bond donors (Lipinski definition) is 1. The van der Waals surface area contributed by atoms with Gasteiger partial charge in [-0.25, -0.2) is 8.42 Å². The molecule has 0 radical (unpaired) electrons. The van der Waals surface area contributed by atoms with Gasteiger partial charge in [-0.1, -0.05) is 24.3 Å². The number of nitrogens with two attached hydrogens (primary N) is 1. The number of sulfone groups is 1. The highest BCUT2D eigenvalue weighted by Crippen LogP contribution is 2.23. The average molecular weight is 247 g/mol. The Balaban J connectivity index is 2.57. The summed E-state index contributed by atoms with van der Waals surface area (Å²) in [5.74, 6) is 0. The number of hydrogen-bond acceptors (Lipinski definition) is 3. The van der Waals surface area contributed by atoms with E-state index in [0.29, 0.717) is 5.69 Å². The fraction of sp³-hybridized carbons (Fsp3) is 0.0769. The van der Waals surface area contributed by atoms with Gasteiger partial charge in [0.05, 0.1) is 9.79 Å². The minimum absolute atomic E-state index is 0.229. The van der Waals surface area contributed by atoms with Crippen LogP contribution < -0.4 is 5.73 Å². The van der Waals surface area contributed by atoms with Crippen LogP contribution in [0, 0.1) is 6.92 Å². The molecule has 0 aliphatic carbocycles. The van der Waals surface area contributed by atoms with Gasteiger partial charge in [0.25, 0.3) is 0 Å². The fourth-order valence-corrected chi connectivity index (χ4v) is 2.84. The third-order valence-corrected chi connectivity index (χ3v) is 4.38. The second kappa shape index (κ2) is 4.22. The van der Waals surface area contributed by atoms with E-state index in [0.717, 1.165) is 5.56 Å². The minimum atomic E-state index is -3.46. The molecular formula is C13H13NO2S. The third kappa shape index (κ3) is 2.17. The largest absolute Gasteiger partial charge is 0.398 e. The molecule has 2 aromatic carbocycles. The van der Waals surface area contributed by atoms with Gasteiger partial charge in [0.2, 0.25) is 9.84 Å². The van der Waals surface area contributed by atoms with Gasteiger partial charge in [-0.15, -0.1) is 0 Å². The van der Waals surface area contributed by atoms with Crippen molar-refractivity contribution in [2.45, 2.75) is 16.7 Å². The van der Waals surface area contributed by atoms with E-state index < -0.39 is 9.84 Å². The van der Waals surface area contributed by atoms with Crippen LogP contribution in [0.3, 0.4) is 0 Å². The summed E-state index contributed by atoms with van der Waals surface area (Å²) in [5.41, 5.74) is 7.09. The fourth-order valence-electron chi connectivity index (χ4n) is 1.52. The molecule has 0 aliphatic rings. The van der Waals surface area contributed by atoms with Crippen molar-refractivity contribution in [3.8, 4) is 0 Å². The maximum Gasteiger partial charge on any atom is 0.206 e. The number of rotatable bonds is 2. The Labute approximate surface area is 101 Å². The first kappa shape index (κ1) is 11.7.